The first kappa shape index (κ1) is 35.6. The number of hydrogen-bond donors (Lipinski definition) is 0. The second-order valence-electron chi connectivity index (χ2n) is 15.9. The van der Waals surface area contributed by atoms with Gasteiger partial charge in [0.2, 0.25) is 0 Å². The molecule has 0 spiro atoms. The Kier molecular flexibility index (Phi) is 9.35. The van der Waals surface area contributed by atoms with E-state index in [0.717, 1.165) is 39.7 Å². The van der Waals surface area contributed by atoms with Gasteiger partial charge < -0.3 is 9.80 Å². The third-order valence-electron chi connectivity index (χ3n) is 10.8. The highest BCUT2D eigenvalue weighted by Crippen LogP contribution is 2.51. The summed E-state index contributed by atoms with van der Waals surface area (Å²) in [6, 6.07) is 62.8. The highest BCUT2D eigenvalue weighted by Gasteiger charge is 2.36. The van der Waals surface area contributed by atoms with Crippen molar-refractivity contribution in [1.82, 2.24) is 0 Å². The molecule has 0 atom stereocenters. The van der Waals surface area contributed by atoms with Crippen molar-refractivity contribution in [2.75, 3.05) is 9.80 Å². The third kappa shape index (κ3) is 7.03. The Bertz CT molecular complexity index is 2480. The van der Waals surface area contributed by atoms with E-state index in [4.69, 9.17) is 0 Å². The minimum atomic E-state index is -1.43. The van der Waals surface area contributed by atoms with Gasteiger partial charge >= 0.3 is 0 Å². The van der Waals surface area contributed by atoms with Crippen LogP contribution in [-0.4, -0.2) is 8.07 Å². The minimum absolute atomic E-state index is 0.159. The average Bonchev–Trinajstić information content (AvgIpc) is 3.43. The standard InChI is InChI=1S/C51H45N3Si/c1-51(2)49-34-38(22-32-47(49)48-33-29-45(35-50(48)51)54(40-12-8-6-9-13-40)41-14-10-7-11-15-41)17-16-37-18-23-42(24-19-37)53(43-25-20-39(36-52)21-26-43)44-27-30-46(31-28-44)55(3,4)5/h6-35H,1-5H3. The molecular weight excluding hydrogens is 683 g/mol. The van der Waals surface area contributed by atoms with Crippen molar-refractivity contribution >= 4 is 59.5 Å². The van der Waals surface area contributed by atoms with Crippen LogP contribution in [0.2, 0.25) is 19.6 Å². The van der Waals surface area contributed by atoms with Crippen LogP contribution >= 0.6 is 0 Å². The number of nitriles is 1. The lowest BCUT2D eigenvalue weighted by atomic mass is 9.81. The fourth-order valence-electron chi connectivity index (χ4n) is 7.76. The monoisotopic (exact) mass is 727 g/mol. The van der Waals surface area contributed by atoms with E-state index in [0.29, 0.717) is 5.56 Å². The van der Waals surface area contributed by atoms with E-state index in [2.05, 4.69) is 207 Å². The van der Waals surface area contributed by atoms with Crippen molar-refractivity contribution in [3.8, 4) is 17.2 Å². The molecular formula is C51H45N3Si. The summed E-state index contributed by atoms with van der Waals surface area (Å²) in [6.45, 7) is 11.8. The number of para-hydroxylation sites is 2. The molecule has 3 nitrogen and oxygen atoms in total. The molecule has 55 heavy (non-hydrogen) atoms. The summed E-state index contributed by atoms with van der Waals surface area (Å²) < 4.78 is 0. The van der Waals surface area contributed by atoms with Crippen molar-refractivity contribution < 1.29 is 0 Å². The lowest BCUT2D eigenvalue weighted by molar-refractivity contribution is 0.660. The molecule has 0 heterocycles. The SMILES string of the molecule is CC1(C)c2cc(C=Cc3ccc(N(c4ccc(C#N)cc4)c4ccc([Si](C)(C)C)cc4)cc3)ccc2-c2ccc(N(c3ccccc3)c3ccccc3)cc21. The summed E-state index contributed by atoms with van der Waals surface area (Å²) in [5, 5.41) is 10.8. The Hall–Kier alpha value is -6.41. The van der Waals surface area contributed by atoms with Crippen LogP contribution < -0.4 is 15.0 Å². The molecule has 0 saturated heterocycles. The van der Waals surface area contributed by atoms with Gasteiger partial charge in [-0.25, -0.2) is 0 Å². The quantitative estimate of drug-likeness (QED) is 0.110. The molecule has 1 aliphatic carbocycles. The van der Waals surface area contributed by atoms with Crippen molar-refractivity contribution in [2.24, 2.45) is 0 Å². The largest absolute Gasteiger partial charge is 0.311 e. The van der Waals surface area contributed by atoms with Gasteiger partial charge in [0, 0.05) is 39.5 Å². The molecule has 4 heteroatoms. The van der Waals surface area contributed by atoms with E-state index >= 15 is 0 Å². The van der Waals surface area contributed by atoms with E-state index < -0.39 is 8.07 Å². The van der Waals surface area contributed by atoms with Gasteiger partial charge in [-0.3, -0.25) is 0 Å². The number of fused-ring (bicyclic) bond motifs is 3. The zero-order valence-corrected chi connectivity index (χ0v) is 33.2. The number of benzene rings is 7. The van der Waals surface area contributed by atoms with Gasteiger partial charge in [-0.1, -0.05) is 136 Å². The summed E-state index contributed by atoms with van der Waals surface area (Å²) in [5.41, 5.74) is 14.7. The van der Waals surface area contributed by atoms with E-state index in [1.807, 2.05) is 24.3 Å². The first-order valence-corrected chi connectivity index (χ1v) is 22.5. The summed E-state index contributed by atoms with van der Waals surface area (Å²) in [6.07, 6.45) is 4.42. The molecule has 7 aromatic carbocycles. The van der Waals surface area contributed by atoms with Crippen LogP contribution in [0, 0.1) is 11.3 Å². The summed E-state index contributed by atoms with van der Waals surface area (Å²) in [4.78, 5) is 4.60. The van der Waals surface area contributed by atoms with Crippen molar-refractivity contribution in [3.63, 3.8) is 0 Å². The fraction of sp³-hybridized carbons (Fsp3) is 0.118. The average molecular weight is 728 g/mol. The fourth-order valence-corrected chi connectivity index (χ4v) is 8.92. The van der Waals surface area contributed by atoms with E-state index in [-0.39, 0.29) is 5.41 Å². The van der Waals surface area contributed by atoms with Gasteiger partial charge in [-0.15, -0.1) is 0 Å². The Morgan fingerprint density at radius 3 is 1.44 bits per heavy atom. The lowest BCUT2D eigenvalue weighted by Gasteiger charge is -2.28. The van der Waals surface area contributed by atoms with E-state index in [1.165, 1.54) is 33.0 Å². The molecule has 1 aliphatic rings. The maximum atomic E-state index is 9.42. The highest BCUT2D eigenvalue weighted by molar-refractivity contribution is 6.88. The number of hydrogen-bond acceptors (Lipinski definition) is 3. The first-order chi connectivity index (χ1) is 26.6. The molecule has 7 aromatic rings. The molecule has 0 unspecified atom stereocenters. The Morgan fingerprint density at radius 2 is 0.891 bits per heavy atom. The summed E-state index contributed by atoms with van der Waals surface area (Å²) >= 11 is 0. The zero-order valence-electron chi connectivity index (χ0n) is 32.2. The predicted molar refractivity (Wildman–Crippen MR) is 236 cm³/mol. The smallest absolute Gasteiger partial charge is 0.0991 e. The molecule has 0 saturated carbocycles. The second kappa shape index (κ2) is 14.4. The van der Waals surface area contributed by atoms with E-state index in [9.17, 15) is 5.26 Å². The molecule has 268 valence electrons. The van der Waals surface area contributed by atoms with Crippen molar-refractivity contribution in [2.45, 2.75) is 38.9 Å². The molecule has 0 N–H and O–H groups in total. The molecule has 0 bridgehead atoms. The van der Waals surface area contributed by atoms with Crippen LogP contribution in [0.15, 0.2) is 170 Å². The van der Waals surface area contributed by atoms with Crippen LogP contribution in [0.25, 0.3) is 23.3 Å². The van der Waals surface area contributed by atoms with Crippen LogP contribution in [0.3, 0.4) is 0 Å². The van der Waals surface area contributed by atoms with Gasteiger partial charge in [0.05, 0.1) is 19.7 Å². The minimum Gasteiger partial charge on any atom is -0.311 e. The molecule has 0 fully saturated rings. The Morgan fingerprint density at radius 1 is 0.473 bits per heavy atom. The predicted octanol–water partition coefficient (Wildman–Crippen LogP) is 13.5. The van der Waals surface area contributed by atoms with Gasteiger partial charge in [0.1, 0.15) is 0 Å². The van der Waals surface area contributed by atoms with Crippen LogP contribution in [0.1, 0.15) is 41.7 Å². The van der Waals surface area contributed by atoms with Gasteiger partial charge in [0.15, 0.2) is 0 Å². The normalized spacial score (nSPS) is 12.9. The van der Waals surface area contributed by atoms with E-state index in [1.54, 1.807) is 0 Å². The summed E-state index contributed by atoms with van der Waals surface area (Å²) in [7, 11) is -1.43. The number of anilines is 6. The second-order valence-corrected chi connectivity index (χ2v) is 21.0. The van der Waals surface area contributed by atoms with Crippen LogP contribution in [0.4, 0.5) is 34.1 Å². The van der Waals surface area contributed by atoms with Crippen molar-refractivity contribution in [3.05, 3.63) is 198 Å². The summed E-state index contributed by atoms with van der Waals surface area (Å²) in [5.74, 6) is 0. The number of rotatable bonds is 9. The van der Waals surface area contributed by atoms with Gasteiger partial charge in [0.25, 0.3) is 0 Å². The Balaban J connectivity index is 1.07. The molecule has 8 rings (SSSR count). The number of nitrogens with zero attached hydrogens (tertiary/aromatic N) is 3. The molecule has 0 amide bonds. The van der Waals surface area contributed by atoms with Crippen LogP contribution in [-0.2, 0) is 5.41 Å². The van der Waals surface area contributed by atoms with Crippen LogP contribution in [0.5, 0.6) is 0 Å². The lowest BCUT2D eigenvalue weighted by Crippen LogP contribution is -2.37. The molecule has 0 aromatic heterocycles. The topological polar surface area (TPSA) is 30.3 Å². The first-order valence-electron chi connectivity index (χ1n) is 19.0. The van der Waals surface area contributed by atoms with Crippen molar-refractivity contribution in [1.29, 1.82) is 5.26 Å². The molecule has 0 radical (unpaired) electrons. The van der Waals surface area contributed by atoms with Gasteiger partial charge in [-0.2, -0.15) is 5.26 Å². The third-order valence-corrected chi connectivity index (χ3v) is 12.9. The zero-order chi connectivity index (χ0) is 38.2. The molecule has 0 aliphatic heterocycles. The highest BCUT2D eigenvalue weighted by atomic mass is 28.3. The van der Waals surface area contributed by atoms with Gasteiger partial charge in [-0.05, 0) is 118 Å². The Labute approximate surface area is 327 Å². The maximum absolute atomic E-state index is 9.42. The maximum Gasteiger partial charge on any atom is 0.0991 e.